The van der Waals surface area contributed by atoms with Gasteiger partial charge in [-0.05, 0) is 24.8 Å². The summed E-state index contributed by atoms with van der Waals surface area (Å²) in [6.07, 6.45) is 7.77. The predicted octanol–water partition coefficient (Wildman–Crippen LogP) is 2.93. The highest BCUT2D eigenvalue weighted by Crippen LogP contribution is 2.29. The molecule has 1 aliphatic rings. The summed E-state index contributed by atoms with van der Waals surface area (Å²) >= 11 is 0. The van der Waals surface area contributed by atoms with Crippen LogP contribution in [0, 0.1) is 5.92 Å². The molecule has 0 aliphatic heterocycles. The molecule has 0 aromatic carbocycles. The Kier molecular flexibility index (Phi) is 8.31. The van der Waals surface area contributed by atoms with E-state index < -0.39 is 0 Å². The third kappa shape index (κ3) is 5.09. The summed E-state index contributed by atoms with van der Waals surface area (Å²) in [6.45, 7) is 6.78. The van der Waals surface area contributed by atoms with Gasteiger partial charge in [-0.3, -0.25) is 0 Å². The Morgan fingerprint density at radius 2 is 1.94 bits per heavy atom. The maximum atomic E-state index is 9.35. The van der Waals surface area contributed by atoms with Gasteiger partial charge in [0.1, 0.15) is 0 Å². The third-order valence-electron chi connectivity index (χ3n) is 3.49. The number of aliphatic hydroxyl groups excluding tert-OH is 1. The summed E-state index contributed by atoms with van der Waals surface area (Å²) in [7, 11) is 0. The molecule has 2 atom stereocenters. The zero-order valence-electron chi connectivity index (χ0n) is 11.9. The number of hydrogen-bond acceptors (Lipinski definition) is 3. The molecule has 0 fully saturated rings. The van der Waals surface area contributed by atoms with Gasteiger partial charge in [0.25, 0.3) is 0 Å². The molecule has 1 aliphatic carbocycles. The molecule has 0 unspecified atom stereocenters. The Morgan fingerprint density at radius 1 is 1.22 bits per heavy atom. The van der Waals surface area contributed by atoms with Crippen LogP contribution in [0.4, 0.5) is 0 Å². The van der Waals surface area contributed by atoms with Gasteiger partial charge in [0.2, 0.25) is 0 Å². The van der Waals surface area contributed by atoms with Gasteiger partial charge in [0, 0.05) is 19.1 Å². The Balaban J connectivity index is 2.32. The van der Waals surface area contributed by atoms with E-state index in [2.05, 4.69) is 19.9 Å². The van der Waals surface area contributed by atoms with Gasteiger partial charge in [0.05, 0.1) is 19.3 Å². The monoisotopic (exact) mass is 256 g/mol. The predicted molar refractivity (Wildman–Crippen MR) is 73.7 cm³/mol. The van der Waals surface area contributed by atoms with Crippen LogP contribution in [0.5, 0.6) is 0 Å². The van der Waals surface area contributed by atoms with Gasteiger partial charge >= 0.3 is 0 Å². The van der Waals surface area contributed by atoms with Crippen molar-refractivity contribution in [2.24, 2.45) is 5.92 Å². The van der Waals surface area contributed by atoms with Crippen LogP contribution < -0.4 is 0 Å². The minimum Gasteiger partial charge on any atom is -0.392 e. The Labute approximate surface area is 111 Å². The quantitative estimate of drug-likeness (QED) is 0.482. The molecule has 1 N–H and O–H groups in total. The number of ether oxygens (including phenoxy) is 2. The summed E-state index contributed by atoms with van der Waals surface area (Å²) in [5.41, 5.74) is 1.09. The molecule has 0 aromatic rings. The zero-order chi connectivity index (χ0) is 13.2. The van der Waals surface area contributed by atoms with Crippen molar-refractivity contribution in [1.29, 1.82) is 0 Å². The van der Waals surface area contributed by atoms with Gasteiger partial charge in [-0.2, -0.15) is 0 Å². The third-order valence-corrected chi connectivity index (χ3v) is 3.49. The molecule has 0 bridgehead atoms. The van der Waals surface area contributed by atoms with E-state index in [4.69, 9.17) is 9.47 Å². The molecule has 3 heteroatoms. The van der Waals surface area contributed by atoms with Crippen LogP contribution in [0.15, 0.2) is 11.6 Å². The van der Waals surface area contributed by atoms with E-state index in [1.807, 2.05) is 0 Å². The highest BCUT2D eigenvalue weighted by Gasteiger charge is 2.29. The average Bonchev–Trinajstić information content (AvgIpc) is 2.77. The fourth-order valence-electron chi connectivity index (χ4n) is 2.24. The fourth-order valence-corrected chi connectivity index (χ4v) is 2.24. The van der Waals surface area contributed by atoms with Crippen molar-refractivity contribution in [2.45, 2.75) is 52.1 Å². The molecule has 0 heterocycles. The first-order valence-electron chi connectivity index (χ1n) is 7.32. The Morgan fingerprint density at radius 3 is 2.61 bits per heavy atom. The second kappa shape index (κ2) is 9.54. The SMILES string of the molecule is CCCCOC[C@H]1C(CO)=CC[C@@H]1OCCCC. The molecule has 0 amide bonds. The van der Waals surface area contributed by atoms with Crippen molar-refractivity contribution in [3.05, 3.63) is 11.6 Å². The maximum Gasteiger partial charge on any atom is 0.0697 e. The molecule has 0 saturated heterocycles. The van der Waals surface area contributed by atoms with E-state index in [0.717, 1.165) is 50.9 Å². The first-order chi connectivity index (χ1) is 8.83. The van der Waals surface area contributed by atoms with E-state index in [9.17, 15) is 5.11 Å². The standard InChI is InChI=1S/C15H28O3/c1-3-5-9-17-12-14-13(11-16)7-8-15(14)18-10-6-4-2/h7,14-16H,3-6,8-12H2,1-2H3/t14-,15-/m0/s1. The lowest BCUT2D eigenvalue weighted by Gasteiger charge is -2.23. The Hall–Kier alpha value is -0.380. The van der Waals surface area contributed by atoms with Crippen molar-refractivity contribution < 1.29 is 14.6 Å². The van der Waals surface area contributed by atoms with Crippen molar-refractivity contribution in [2.75, 3.05) is 26.4 Å². The van der Waals surface area contributed by atoms with Crippen LogP contribution in [-0.2, 0) is 9.47 Å². The maximum absolute atomic E-state index is 9.35. The summed E-state index contributed by atoms with van der Waals surface area (Å²) < 4.78 is 11.6. The summed E-state index contributed by atoms with van der Waals surface area (Å²) in [5, 5.41) is 9.35. The van der Waals surface area contributed by atoms with Gasteiger partial charge in [0.15, 0.2) is 0 Å². The molecule has 0 radical (unpaired) electrons. The van der Waals surface area contributed by atoms with Crippen LogP contribution in [0.3, 0.4) is 0 Å². The molecule has 3 nitrogen and oxygen atoms in total. The molecule has 0 aromatic heterocycles. The molecule has 1 rings (SSSR count). The van der Waals surface area contributed by atoms with Crippen LogP contribution in [0.2, 0.25) is 0 Å². The van der Waals surface area contributed by atoms with Gasteiger partial charge in [-0.1, -0.05) is 32.8 Å². The number of rotatable bonds is 10. The second-order valence-corrected chi connectivity index (χ2v) is 4.97. The lowest BCUT2D eigenvalue weighted by molar-refractivity contribution is -0.00511. The van der Waals surface area contributed by atoms with Crippen LogP contribution in [0.1, 0.15) is 46.0 Å². The van der Waals surface area contributed by atoms with Crippen LogP contribution >= 0.6 is 0 Å². The number of unbranched alkanes of at least 4 members (excludes halogenated alkanes) is 2. The molecule has 0 saturated carbocycles. The molecule has 106 valence electrons. The normalized spacial score (nSPS) is 23.4. The van der Waals surface area contributed by atoms with Gasteiger partial charge in [-0.15, -0.1) is 0 Å². The van der Waals surface area contributed by atoms with E-state index in [1.54, 1.807) is 0 Å². The lowest BCUT2D eigenvalue weighted by Crippen LogP contribution is -2.27. The zero-order valence-corrected chi connectivity index (χ0v) is 11.9. The number of hydrogen-bond donors (Lipinski definition) is 1. The van der Waals surface area contributed by atoms with E-state index in [-0.39, 0.29) is 18.6 Å². The van der Waals surface area contributed by atoms with Gasteiger partial charge in [-0.25, -0.2) is 0 Å². The Bertz CT molecular complexity index is 238. The minimum absolute atomic E-state index is 0.134. The first-order valence-corrected chi connectivity index (χ1v) is 7.32. The largest absolute Gasteiger partial charge is 0.392 e. The lowest BCUT2D eigenvalue weighted by atomic mass is 10.0. The molecular weight excluding hydrogens is 228 g/mol. The molecule has 18 heavy (non-hydrogen) atoms. The summed E-state index contributed by atoms with van der Waals surface area (Å²) in [6, 6.07) is 0. The van der Waals surface area contributed by atoms with E-state index >= 15 is 0 Å². The van der Waals surface area contributed by atoms with Crippen LogP contribution in [0.25, 0.3) is 0 Å². The molecule has 0 spiro atoms. The summed E-state index contributed by atoms with van der Waals surface area (Å²) in [4.78, 5) is 0. The van der Waals surface area contributed by atoms with E-state index in [1.165, 1.54) is 0 Å². The second-order valence-electron chi connectivity index (χ2n) is 4.97. The topological polar surface area (TPSA) is 38.7 Å². The van der Waals surface area contributed by atoms with Crippen molar-refractivity contribution >= 4 is 0 Å². The highest BCUT2D eigenvalue weighted by atomic mass is 16.5. The average molecular weight is 256 g/mol. The smallest absolute Gasteiger partial charge is 0.0697 e. The van der Waals surface area contributed by atoms with Crippen molar-refractivity contribution in [3.63, 3.8) is 0 Å². The van der Waals surface area contributed by atoms with E-state index in [0.29, 0.717) is 6.61 Å². The minimum atomic E-state index is 0.134. The fraction of sp³-hybridized carbons (Fsp3) is 0.867. The molecular formula is C15H28O3. The van der Waals surface area contributed by atoms with Crippen LogP contribution in [-0.4, -0.2) is 37.6 Å². The first kappa shape index (κ1) is 15.7. The van der Waals surface area contributed by atoms with Crippen molar-refractivity contribution in [1.82, 2.24) is 0 Å². The number of aliphatic hydroxyl groups is 1. The summed E-state index contributed by atoms with van der Waals surface area (Å²) in [5.74, 6) is 0.253. The van der Waals surface area contributed by atoms with Gasteiger partial charge < -0.3 is 14.6 Å². The van der Waals surface area contributed by atoms with Crippen molar-refractivity contribution in [3.8, 4) is 0 Å². The highest BCUT2D eigenvalue weighted by molar-refractivity contribution is 5.16.